The van der Waals surface area contributed by atoms with Crippen molar-refractivity contribution in [3.05, 3.63) is 18.0 Å². The van der Waals surface area contributed by atoms with Gasteiger partial charge in [0.2, 0.25) is 5.95 Å². The molecule has 90 valence electrons. The molecule has 2 N–H and O–H groups in total. The Morgan fingerprint density at radius 3 is 2.76 bits per heavy atom. The van der Waals surface area contributed by atoms with Crippen LogP contribution in [0.15, 0.2) is 12.3 Å². The molecule has 2 aliphatic rings. The number of thiocarbonyl (C=S) groups is 1. The molecule has 0 radical (unpaired) electrons. The first-order valence-corrected chi connectivity index (χ1v) is 6.54. The lowest BCUT2D eigenvalue weighted by atomic mass is 10.3. The van der Waals surface area contributed by atoms with E-state index in [1.54, 1.807) is 12.3 Å². The Bertz CT molecular complexity index is 440. The molecule has 0 spiro atoms. The minimum atomic E-state index is 0.343. The van der Waals surface area contributed by atoms with Crippen LogP contribution in [-0.4, -0.2) is 27.5 Å². The normalized spacial score (nSPS) is 19.1. The van der Waals surface area contributed by atoms with Crippen molar-refractivity contribution in [2.75, 3.05) is 11.4 Å². The first-order chi connectivity index (χ1) is 8.24. The fourth-order valence-electron chi connectivity index (χ4n) is 1.98. The van der Waals surface area contributed by atoms with E-state index in [0.29, 0.717) is 16.7 Å². The van der Waals surface area contributed by atoms with Crippen molar-refractivity contribution in [2.24, 2.45) is 11.7 Å². The molecule has 0 saturated heterocycles. The number of aromatic nitrogens is 2. The van der Waals surface area contributed by atoms with Crippen LogP contribution in [0.5, 0.6) is 0 Å². The second kappa shape index (κ2) is 4.22. The van der Waals surface area contributed by atoms with Gasteiger partial charge in [-0.2, -0.15) is 0 Å². The molecule has 1 aromatic heterocycles. The Hall–Kier alpha value is -1.23. The summed E-state index contributed by atoms with van der Waals surface area (Å²) in [5, 5.41) is 0. The van der Waals surface area contributed by atoms with Gasteiger partial charge in [0.05, 0.1) is 0 Å². The van der Waals surface area contributed by atoms with Gasteiger partial charge < -0.3 is 10.6 Å². The molecule has 1 aromatic rings. The van der Waals surface area contributed by atoms with E-state index < -0.39 is 0 Å². The maximum atomic E-state index is 5.61. The molecule has 3 rings (SSSR count). The smallest absolute Gasteiger partial charge is 0.226 e. The lowest BCUT2D eigenvalue weighted by Crippen LogP contribution is -2.30. The molecule has 0 bridgehead atoms. The van der Waals surface area contributed by atoms with E-state index in [0.717, 1.165) is 18.4 Å². The second-order valence-corrected chi connectivity index (χ2v) is 5.37. The molecular weight excluding hydrogens is 232 g/mol. The van der Waals surface area contributed by atoms with Crippen LogP contribution in [0.4, 0.5) is 5.95 Å². The highest BCUT2D eigenvalue weighted by molar-refractivity contribution is 7.80. The summed E-state index contributed by atoms with van der Waals surface area (Å²) in [4.78, 5) is 11.5. The van der Waals surface area contributed by atoms with Crippen molar-refractivity contribution >= 4 is 23.2 Å². The van der Waals surface area contributed by atoms with Crippen molar-refractivity contribution in [2.45, 2.75) is 31.7 Å². The van der Waals surface area contributed by atoms with Gasteiger partial charge in [0.25, 0.3) is 0 Å². The number of hydrogen-bond donors (Lipinski definition) is 1. The average molecular weight is 248 g/mol. The predicted molar refractivity (Wildman–Crippen MR) is 71.0 cm³/mol. The van der Waals surface area contributed by atoms with Crippen LogP contribution in [0.25, 0.3) is 0 Å². The van der Waals surface area contributed by atoms with Crippen LogP contribution in [0.3, 0.4) is 0 Å². The van der Waals surface area contributed by atoms with Crippen molar-refractivity contribution in [3.8, 4) is 0 Å². The van der Waals surface area contributed by atoms with Gasteiger partial charge in [-0.1, -0.05) is 12.2 Å². The first-order valence-electron chi connectivity index (χ1n) is 6.13. The van der Waals surface area contributed by atoms with Crippen LogP contribution >= 0.6 is 12.2 Å². The Morgan fingerprint density at radius 1 is 1.41 bits per heavy atom. The van der Waals surface area contributed by atoms with E-state index in [9.17, 15) is 0 Å². The van der Waals surface area contributed by atoms with Crippen LogP contribution in [0, 0.1) is 5.92 Å². The lowest BCUT2D eigenvalue weighted by Gasteiger charge is -2.22. The average Bonchev–Trinajstić information content (AvgIpc) is 3.18. The summed E-state index contributed by atoms with van der Waals surface area (Å²) in [7, 11) is 0. The van der Waals surface area contributed by atoms with Crippen molar-refractivity contribution in [1.82, 2.24) is 9.97 Å². The SMILES string of the molecule is NC(=S)c1ccnc(N(CC2CC2)C2CC2)n1. The van der Waals surface area contributed by atoms with Gasteiger partial charge in [-0.05, 0) is 37.7 Å². The molecule has 17 heavy (non-hydrogen) atoms. The molecule has 0 aliphatic heterocycles. The van der Waals surface area contributed by atoms with Gasteiger partial charge in [0.1, 0.15) is 10.7 Å². The lowest BCUT2D eigenvalue weighted by molar-refractivity contribution is 0.696. The van der Waals surface area contributed by atoms with Crippen molar-refractivity contribution < 1.29 is 0 Å². The van der Waals surface area contributed by atoms with E-state index in [1.165, 1.54) is 25.7 Å². The molecule has 2 aliphatic carbocycles. The van der Waals surface area contributed by atoms with E-state index in [1.807, 2.05) is 0 Å². The van der Waals surface area contributed by atoms with Gasteiger partial charge in [0.15, 0.2) is 0 Å². The minimum Gasteiger partial charge on any atom is -0.388 e. The topological polar surface area (TPSA) is 55.0 Å². The summed E-state index contributed by atoms with van der Waals surface area (Å²) in [6.07, 6.45) is 6.95. The summed E-state index contributed by atoms with van der Waals surface area (Å²) in [6.45, 7) is 1.09. The highest BCUT2D eigenvalue weighted by Crippen LogP contribution is 2.36. The maximum absolute atomic E-state index is 5.61. The number of rotatable bonds is 5. The van der Waals surface area contributed by atoms with Crippen molar-refractivity contribution in [1.29, 1.82) is 0 Å². The Kier molecular flexibility index (Phi) is 2.70. The minimum absolute atomic E-state index is 0.343. The number of hydrogen-bond acceptors (Lipinski definition) is 4. The quantitative estimate of drug-likeness (QED) is 0.800. The first kappa shape index (κ1) is 10.9. The van der Waals surface area contributed by atoms with Gasteiger partial charge in [-0.15, -0.1) is 0 Å². The van der Waals surface area contributed by atoms with Gasteiger partial charge in [-0.3, -0.25) is 0 Å². The van der Waals surface area contributed by atoms with Crippen LogP contribution in [0.2, 0.25) is 0 Å². The van der Waals surface area contributed by atoms with E-state index in [4.69, 9.17) is 18.0 Å². The van der Waals surface area contributed by atoms with E-state index in [-0.39, 0.29) is 0 Å². The molecule has 2 saturated carbocycles. The third kappa shape index (κ3) is 2.54. The zero-order valence-corrected chi connectivity index (χ0v) is 10.5. The summed E-state index contributed by atoms with van der Waals surface area (Å²) >= 11 is 4.96. The number of anilines is 1. The monoisotopic (exact) mass is 248 g/mol. The van der Waals surface area contributed by atoms with E-state index >= 15 is 0 Å². The Labute approximate surface area is 106 Å². The molecule has 5 heteroatoms. The predicted octanol–water partition coefficient (Wildman–Crippen LogP) is 1.49. The zero-order valence-electron chi connectivity index (χ0n) is 9.67. The van der Waals surface area contributed by atoms with Crippen LogP contribution in [0.1, 0.15) is 31.4 Å². The summed E-state index contributed by atoms with van der Waals surface area (Å²) in [5.74, 6) is 1.64. The Balaban J connectivity index is 1.83. The van der Waals surface area contributed by atoms with Crippen LogP contribution in [-0.2, 0) is 0 Å². The standard InChI is InChI=1S/C12H16N4S/c13-11(17)10-5-6-14-12(15-10)16(9-3-4-9)7-8-1-2-8/h5-6,8-9H,1-4,7H2,(H2,13,17). The highest BCUT2D eigenvalue weighted by Gasteiger charge is 2.35. The summed E-state index contributed by atoms with van der Waals surface area (Å²) in [5.41, 5.74) is 6.28. The highest BCUT2D eigenvalue weighted by atomic mass is 32.1. The summed E-state index contributed by atoms with van der Waals surface area (Å²) < 4.78 is 0. The van der Waals surface area contributed by atoms with Gasteiger partial charge in [-0.25, -0.2) is 9.97 Å². The fourth-order valence-corrected chi connectivity index (χ4v) is 2.10. The van der Waals surface area contributed by atoms with Crippen LogP contribution < -0.4 is 10.6 Å². The number of nitrogens with two attached hydrogens (primary N) is 1. The molecule has 4 nitrogen and oxygen atoms in total. The molecule has 0 aromatic carbocycles. The van der Waals surface area contributed by atoms with Gasteiger partial charge in [0, 0.05) is 18.8 Å². The number of nitrogens with zero attached hydrogens (tertiary/aromatic N) is 3. The third-order valence-corrected chi connectivity index (χ3v) is 3.50. The molecule has 0 atom stereocenters. The van der Waals surface area contributed by atoms with Crippen molar-refractivity contribution in [3.63, 3.8) is 0 Å². The summed E-state index contributed by atoms with van der Waals surface area (Å²) in [6, 6.07) is 2.41. The Morgan fingerprint density at radius 2 is 2.18 bits per heavy atom. The molecule has 1 heterocycles. The molecular formula is C12H16N4S. The van der Waals surface area contributed by atoms with Gasteiger partial charge >= 0.3 is 0 Å². The fraction of sp³-hybridized carbons (Fsp3) is 0.583. The molecule has 0 amide bonds. The van der Waals surface area contributed by atoms with E-state index in [2.05, 4.69) is 14.9 Å². The second-order valence-electron chi connectivity index (χ2n) is 4.93. The maximum Gasteiger partial charge on any atom is 0.226 e. The molecule has 0 unspecified atom stereocenters. The largest absolute Gasteiger partial charge is 0.388 e. The molecule has 2 fully saturated rings. The third-order valence-electron chi connectivity index (χ3n) is 3.29. The zero-order chi connectivity index (χ0) is 11.8.